The quantitative estimate of drug-likeness (QED) is 0.743. The summed E-state index contributed by atoms with van der Waals surface area (Å²) < 4.78 is 1.61. The Hall–Kier alpha value is -2.01. The highest BCUT2D eigenvalue weighted by Gasteiger charge is 2.08. The predicted molar refractivity (Wildman–Crippen MR) is 81.3 cm³/mol. The van der Waals surface area contributed by atoms with Gasteiger partial charge in [0.15, 0.2) is 0 Å². The number of hydrogen-bond donors (Lipinski definition) is 0. The number of para-hydroxylation sites is 1. The molecule has 5 heteroatoms. The van der Waals surface area contributed by atoms with Gasteiger partial charge in [-0.2, -0.15) is 0 Å². The van der Waals surface area contributed by atoms with Gasteiger partial charge in [0.1, 0.15) is 0 Å². The molecule has 0 saturated carbocycles. The second kappa shape index (κ2) is 5.17. The van der Waals surface area contributed by atoms with Crippen LogP contribution in [0.15, 0.2) is 40.8 Å². The minimum atomic E-state index is -0.0188. The number of aromatic nitrogens is 3. The molecule has 102 valence electrons. The number of rotatable bonds is 3. The zero-order valence-corrected chi connectivity index (χ0v) is 12.2. The molecule has 20 heavy (non-hydrogen) atoms. The van der Waals surface area contributed by atoms with E-state index in [1.54, 1.807) is 22.2 Å². The van der Waals surface area contributed by atoms with E-state index in [9.17, 15) is 4.79 Å². The molecular formula is C15H15N3OS. The Bertz CT molecular complexity index is 804. The lowest BCUT2D eigenvalue weighted by Gasteiger charge is -2.04. The van der Waals surface area contributed by atoms with Crippen LogP contribution in [0.2, 0.25) is 0 Å². The Morgan fingerprint density at radius 3 is 2.85 bits per heavy atom. The van der Waals surface area contributed by atoms with Gasteiger partial charge in [0, 0.05) is 11.3 Å². The second-order valence-electron chi connectivity index (χ2n) is 5.03. The van der Waals surface area contributed by atoms with E-state index in [1.807, 2.05) is 29.6 Å². The molecule has 2 aromatic heterocycles. The van der Waals surface area contributed by atoms with Gasteiger partial charge >= 0.3 is 0 Å². The third kappa shape index (κ3) is 2.36. The minimum Gasteiger partial charge on any atom is -0.293 e. The van der Waals surface area contributed by atoms with Crippen molar-refractivity contribution >= 4 is 22.2 Å². The normalized spacial score (nSPS) is 11.3. The van der Waals surface area contributed by atoms with Gasteiger partial charge in [-0.1, -0.05) is 26.0 Å². The van der Waals surface area contributed by atoms with E-state index in [0.29, 0.717) is 17.8 Å². The van der Waals surface area contributed by atoms with E-state index in [2.05, 4.69) is 23.8 Å². The van der Waals surface area contributed by atoms with Crippen molar-refractivity contribution < 1.29 is 0 Å². The van der Waals surface area contributed by atoms with E-state index >= 15 is 0 Å². The summed E-state index contributed by atoms with van der Waals surface area (Å²) in [5, 5.41) is 3.76. The summed E-state index contributed by atoms with van der Waals surface area (Å²) in [6.45, 7) is 4.71. The fourth-order valence-corrected chi connectivity index (χ4v) is 2.88. The van der Waals surface area contributed by atoms with Crippen molar-refractivity contribution in [2.45, 2.75) is 26.3 Å². The largest absolute Gasteiger partial charge is 0.293 e. The summed E-state index contributed by atoms with van der Waals surface area (Å²) in [6, 6.07) is 7.40. The first-order valence-electron chi connectivity index (χ1n) is 6.53. The van der Waals surface area contributed by atoms with Gasteiger partial charge in [-0.15, -0.1) is 11.3 Å². The molecular weight excluding hydrogens is 270 g/mol. The van der Waals surface area contributed by atoms with Gasteiger partial charge in [0.2, 0.25) is 0 Å². The van der Waals surface area contributed by atoms with Crippen LogP contribution in [0.25, 0.3) is 10.9 Å². The molecule has 2 heterocycles. The van der Waals surface area contributed by atoms with Gasteiger partial charge in [-0.05, 0) is 12.1 Å². The molecule has 0 N–H and O–H groups in total. The Kier molecular flexibility index (Phi) is 3.36. The van der Waals surface area contributed by atoms with E-state index in [4.69, 9.17) is 0 Å². The number of hydrogen-bond acceptors (Lipinski definition) is 4. The van der Waals surface area contributed by atoms with Gasteiger partial charge in [-0.3, -0.25) is 9.36 Å². The van der Waals surface area contributed by atoms with E-state index in [-0.39, 0.29) is 5.56 Å². The lowest BCUT2D eigenvalue weighted by atomic mass is 10.2. The molecule has 0 bridgehead atoms. The fourth-order valence-electron chi connectivity index (χ4n) is 2.05. The van der Waals surface area contributed by atoms with Crippen LogP contribution in [0, 0.1) is 0 Å². The Balaban J connectivity index is 1.98. The molecule has 0 spiro atoms. The fraction of sp³-hybridized carbons (Fsp3) is 0.267. The maximum atomic E-state index is 12.4. The maximum absolute atomic E-state index is 12.4. The van der Waals surface area contributed by atoms with Crippen molar-refractivity contribution in [1.29, 1.82) is 0 Å². The van der Waals surface area contributed by atoms with Crippen molar-refractivity contribution in [2.24, 2.45) is 0 Å². The summed E-state index contributed by atoms with van der Waals surface area (Å²) in [6.07, 6.45) is 1.60. The smallest absolute Gasteiger partial charge is 0.261 e. The highest BCUT2D eigenvalue weighted by Crippen LogP contribution is 2.19. The zero-order chi connectivity index (χ0) is 14.1. The molecule has 0 radical (unpaired) electrons. The third-order valence-corrected chi connectivity index (χ3v) is 4.32. The van der Waals surface area contributed by atoms with E-state index in [1.165, 1.54) is 0 Å². The molecule has 4 nitrogen and oxygen atoms in total. The molecule has 0 unspecified atom stereocenters. The monoisotopic (exact) mass is 285 g/mol. The Morgan fingerprint density at radius 2 is 2.10 bits per heavy atom. The van der Waals surface area contributed by atoms with Gasteiger partial charge in [0.25, 0.3) is 5.56 Å². The van der Waals surface area contributed by atoms with Gasteiger partial charge < -0.3 is 0 Å². The molecule has 0 aliphatic rings. The van der Waals surface area contributed by atoms with Crippen LogP contribution in [0.4, 0.5) is 0 Å². The van der Waals surface area contributed by atoms with E-state index < -0.39 is 0 Å². The predicted octanol–water partition coefficient (Wildman–Crippen LogP) is 3.02. The topological polar surface area (TPSA) is 47.8 Å². The molecule has 0 aliphatic heterocycles. The maximum Gasteiger partial charge on any atom is 0.261 e. The second-order valence-corrected chi connectivity index (χ2v) is 5.92. The van der Waals surface area contributed by atoms with Crippen molar-refractivity contribution in [3.8, 4) is 0 Å². The van der Waals surface area contributed by atoms with Crippen LogP contribution in [0.5, 0.6) is 0 Å². The van der Waals surface area contributed by atoms with Crippen LogP contribution in [0.3, 0.4) is 0 Å². The number of fused-ring (bicyclic) bond motifs is 1. The standard InChI is InChI=1S/C15H15N3OS/c1-10(2)14-17-11(8-20-14)7-18-9-16-13-6-4-3-5-12(13)15(18)19/h3-6,8-10H,7H2,1-2H3. The van der Waals surface area contributed by atoms with Crippen molar-refractivity contribution in [1.82, 2.24) is 14.5 Å². The Labute approximate surface area is 120 Å². The van der Waals surface area contributed by atoms with Crippen molar-refractivity contribution in [2.75, 3.05) is 0 Å². The number of nitrogens with zero attached hydrogens (tertiary/aromatic N) is 3. The lowest BCUT2D eigenvalue weighted by molar-refractivity contribution is 0.725. The number of benzene rings is 1. The highest BCUT2D eigenvalue weighted by molar-refractivity contribution is 7.09. The van der Waals surface area contributed by atoms with Crippen LogP contribution in [0.1, 0.15) is 30.5 Å². The SMILES string of the molecule is CC(C)c1nc(Cn2cnc3ccccc3c2=O)cs1. The minimum absolute atomic E-state index is 0.0188. The molecule has 0 saturated heterocycles. The first-order valence-corrected chi connectivity index (χ1v) is 7.41. The Morgan fingerprint density at radius 1 is 1.30 bits per heavy atom. The molecule has 0 amide bonds. The third-order valence-electron chi connectivity index (χ3n) is 3.13. The first-order chi connectivity index (χ1) is 9.65. The molecule has 3 rings (SSSR count). The summed E-state index contributed by atoms with van der Waals surface area (Å²) in [5.74, 6) is 0.417. The molecule has 0 atom stereocenters. The molecule has 0 aliphatic carbocycles. The average molecular weight is 285 g/mol. The zero-order valence-electron chi connectivity index (χ0n) is 11.4. The van der Waals surface area contributed by atoms with Crippen molar-refractivity contribution in [3.05, 3.63) is 57.0 Å². The van der Waals surface area contributed by atoms with E-state index in [0.717, 1.165) is 16.2 Å². The molecule has 1 aromatic carbocycles. The summed E-state index contributed by atoms with van der Waals surface area (Å²) in [7, 11) is 0. The first kappa shape index (κ1) is 13.0. The highest BCUT2D eigenvalue weighted by atomic mass is 32.1. The summed E-state index contributed by atoms with van der Waals surface area (Å²) in [5.41, 5.74) is 1.63. The van der Waals surface area contributed by atoms with Crippen LogP contribution in [-0.2, 0) is 6.54 Å². The van der Waals surface area contributed by atoms with Crippen molar-refractivity contribution in [3.63, 3.8) is 0 Å². The lowest BCUT2D eigenvalue weighted by Crippen LogP contribution is -2.21. The molecule has 0 fully saturated rings. The average Bonchev–Trinajstić information content (AvgIpc) is 2.91. The van der Waals surface area contributed by atoms with Crippen LogP contribution in [-0.4, -0.2) is 14.5 Å². The summed E-state index contributed by atoms with van der Waals surface area (Å²) >= 11 is 1.64. The van der Waals surface area contributed by atoms with Gasteiger partial charge in [-0.25, -0.2) is 9.97 Å². The van der Waals surface area contributed by atoms with Crippen LogP contribution >= 0.6 is 11.3 Å². The number of thiazole rings is 1. The van der Waals surface area contributed by atoms with Gasteiger partial charge in [0.05, 0.1) is 34.5 Å². The molecule has 3 aromatic rings. The van der Waals surface area contributed by atoms with Crippen LogP contribution < -0.4 is 5.56 Å². The summed E-state index contributed by atoms with van der Waals surface area (Å²) in [4.78, 5) is 21.2.